The lowest BCUT2D eigenvalue weighted by Crippen LogP contribution is -2.25. The molecule has 27 heavy (non-hydrogen) atoms. The maximum absolute atomic E-state index is 13.3. The van der Waals surface area contributed by atoms with Gasteiger partial charge < -0.3 is 5.32 Å². The maximum Gasteiger partial charge on any atom is 0.416 e. The summed E-state index contributed by atoms with van der Waals surface area (Å²) in [6.07, 6.45) is -3.33. The maximum atomic E-state index is 13.3. The van der Waals surface area contributed by atoms with Gasteiger partial charge >= 0.3 is 6.18 Å². The second kappa shape index (κ2) is 7.18. The number of carbonyl (C=O) groups is 1. The molecular formula is C18H12F5N3O. The van der Waals surface area contributed by atoms with Crippen LogP contribution in [0.1, 0.15) is 21.6 Å². The Morgan fingerprint density at radius 3 is 2.48 bits per heavy atom. The molecule has 4 nitrogen and oxygen atoms in total. The summed E-state index contributed by atoms with van der Waals surface area (Å²) in [5.41, 5.74) is -1.11. The van der Waals surface area contributed by atoms with Crippen LogP contribution in [0.3, 0.4) is 0 Å². The van der Waals surface area contributed by atoms with E-state index in [2.05, 4.69) is 10.4 Å². The van der Waals surface area contributed by atoms with Crippen molar-refractivity contribution < 1.29 is 26.7 Å². The fourth-order valence-corrected chi connectivity index (χ4v) is 2.44. The fourth-order valence-electron chi connectivity index (χ4n) is 2.44. The average Bonchev–Trinajstić information content (AvgIpc) is 3.10. The molecule has 0 aliphatic carbocycles. The van der Waals surface area contributed by atoms with E-state index in [-0.39, 0.29) is 11.3 Å². The van der Waals surface area contributed by atoms with E-state index in [9.17, 15) is 26.7 Å². The van der Waals surface area contributed by atoms with Gasteiger partial charge in [-0.25, -0.2) is 13.5 Å². The first kappa shape index (κ1) is 18.6. The lowest BCUT2D eigenvalue weighted by Gasteiger charge is -2.13. The molecule has 1 amide bonds. The number of carbonyl (C=O) groups excluding carboxylic acids is 1. The third-order valence-corrected chi connectivity index (χ3v) is 3.71. The number of hydrogen-bond acceptors (Lipinski definition) is 2. The molecule has 0 saturated heterocycles. The Labute approximate surface area is 150 Å². The number of halogens is 5. The first-order valence-corrected chi connectivity index (χ1v) is 7.69. The number of hydrogen-bond donors (Lipinski definition) is 1. The molecule has 1 aromatic heterocycles. The largest absolute Gasteiger partial charge is 0.416 e. The molecule has 0 spiro atoms. The second-order valence-corrected chi connectivity index (χ2v) is 5.61. The Morgan fingerprint density at radius 1 is 1.04 bits per heavy atom. The molecule has 3 aromatic rings. The Hall–Kier alpha value is -3.23. The summed E-state index contributed by atoms with van der Waals surface area (Å²) >= 11 is 0. The van der Waals surface area contributed by atoms with Gasteiger partial charge in [0.15, 0.2) is 5.69 Å². The van der Waals surface area contributed by atoms with Crippen LogP contribution in [0.2, 0.25) is 0 Å². The van der Waals surface area contributed by atoms with Gasteiger partial charge in [0.2, 0.25) is 0 Å². The monoisotopic (exact) mass is 381 g/mol. The molecule has 3 rings (SSSR count). The van der Waals surface area contributed by atoms with Crippen LogP contribution in [0.25, 0.3) is 5.69 Å². The highest BCUT2D eigenvalue weighted by Gasteiger charge is 2.33. The summed E-state index contributed by atoms with van der Waals surface area (Å²) in [6.45, 7) is -0.458. The Bertz CT molecular complexity index is 981. The third-order valence-electron chi connectivity index (χ3n) is 3.71. The van der Waals surface area contributed by atoms with Gasteiger partial charge in [-0.2, -0.15) is 18.3 Å². The first-order chi connectivity index (χ1) is 12.7. The van der Waals surface area contributed by atoms with E-state index >= 15 is 0 Å². The minimum Gasteiger partial charge on any atom is -0.347 e. The Kier molecular flexibility index (Phi) is 4.93. The molecule has 0 aliphatic heterocycles. The summed E-state index contributed by atoms with van der Waals surface area (Å²) < 4.78 is 66.5. The summed E-state index contributed by atoms with van der Waals surface area (Å²) in [5.74, 6) is -2.22. The Balaban J connectivity index is 1.74. The smallest absolute Gasteiger partial charge is 0.347 e. The van der Waals surface area contributed by atoms with Gasteiger partial charge in [0, 0.05) is 12.7 Å². The van der Waals surface area contributed by atoms with Crippen molar-refractivity contribution in [2.75, 3.05) is 0 Å². The minimum atomic E-state index is -4.75. The van der Waals surface area contributed by atoms with Crippen LogP contribution < -0.4 is 5.32 Å². The van der Waals surface area contributed by atoms with Gasteiger partial charge in [0.25, 0.3) is 5.91 Å². The molecule has 0 aliphatic rings. The third kappa shape index (κ3) is 4.30. The SMILES string of the molecule is O=C(NCc1ccc(F)cc1C(F)(F)F)c1ccn(-c2cccc(F)c2)n1. The van der Waals surface area contributed by atoms with Crippen molar-refractivity contribution in [3.63, 3.8) is 0 Å². The average molecular weight is 381 g/mol. The van der Waals surface area contributed by atoms with Crippen LogP contribution >= 0.6 is 0 Å². The number of rotatable bonds is 4. The van der Waals surface area contributed by atoms with Crippen LogP contribution in [0.4, 0.5) is 22.0 Å². The number of nitrogens with zero attached hydrogens (tertiary/aromatic N) is 2. The van der Waals surface area contributed by atoms with E-state index in [0.717, 1.165) is 12.1 Å². The first-order valence-electron chi connectivity index (χ1n) is 7.69. The molecule has 0 fully saturated rings. The summed E-state index contributed by atoms with van der Waals surface area (Å²) in [7, 11) is 0. The predicted molar refractivity (Wildman–Crippen MR) is 86.1 cm³/mol. The molecular weight excluding hydrogens is 369 g/mol. The molecule has 1 N–H and O–H groups in total. The summed E-state index contributed by atoms with van der Waals surface area (Å²) in [4.78, 5) is 12.1. The zero-order valence-corrected chi connectivity index (χ0v) is 13.6. The van der Waals surface area contributed by atoms with Crippen molar-refractivity contribution in [3.8, 4) is 5.69 Å². The van der Waals surface area contributed by atoms with Gasteiger partial charge in [0.1, 0.15) is 11.6 Å². The quantitative estimate of drug-likeness (QED) is 0.692. The van der Waals surface area contributed by atoms with Crippen LogP contribution in [0.5, 0.6) is 0 Å². The number of amides is 1. The van der Waals surface area contributed by atoms with Gasteiger partial charge in [-0.15, -0.1) is 0 Å². The van der Waals surface area contributed by atoms with Crippen LogP contribution in [-0.4, -0.2) is 15.7 Å². The minimum absolute atomic E-state index is 0.0602. The standard InChI is InChI=1S/C18H12F5N3O/c19-12-2-1-3-14(8-12)26-7-6-16(25-26)17(27)24-10-11-4-5-13(20)9-15(11)18(21,22)23/h1-9H,10H2,(H,24,27). The van der Waals surface area contributed by atoms with Crippen molar-refractivity contribution in [1.29, 1.82) is 0 Å². The van der Waals surface area contributed by atoms with Crippen LogP contribution in [0, 0.1) is 11.6 Å². The van der Waals surface area contributed by atoms with E-state index in [1.807, 2.05) is 0 Å². The van der Waals surface area contributed by atoms with Crippen molar-refractivity contribution in [1.82, 2.24) is 15.1 Å². The highest BCUT2D eigenvalue weighted by atomic mass is 19.4. The molecule has 0 atom stereocenters. The molecule has 0 bridgehead atoms. The molecule has 0 unspecified atom stereocenters. The normalized spacial score (nSPS) is 11.4. The highest BCUT2D eigenvalue weighted by Crippen LogP contribution is 2.32. The number of benzene rings is 2. The second-order valence-electron chi connectivity index (χ2n) is 5.61. The molecule has 0 radical (unpaired) electrons. The number of nitrogens with one attached hydrogen (secondary N) is 1. The topological polar surface area (TPSA) is 46.9 Å². The van der Waals surface area contributed by atoms with Crippen LogP contribution in [-0.2, 0) is 12.7 Å². The van der Waals surface area contributed by atoms with Crippen molar-refractivity contribution in [2.24, 2.45) is 0 Å². The van der Waals surface area contributed by atoms with Gasteiger partial charge in [-0.05, 0) is 42.0 Å². The van der Waals surface area contributed by atoms with E-state index < -0.39 is 35.8 Å². The molecule has 0 saturated carbocycles. The highest BCUT2D eigenvalue weighted by molar-refractivity contribution is 5.92. The van der Waals surface area contributed by atoms with Crippen molar-refractivity contribution in [2.45, 2.75) is 12.7 Å². The molecule has 9 heteroatoms. The van der Waals surface area contributed by atoms with E-state index in [0.29, 0.717) is 11.8 Å². The zero-order valence-electron chi connectivity index (χ0n) is 13.6. The van der Waals surface area contributed by atoms with Gasteiger partial charge in [-0.1, -0.05) is 12.1 Å². The number of aromatic nitrogens is 2. The van der Waals surface area contributed by atoms with Crippen molar-refractivity contribution >= 4 is 5.91 Å². The van der Waals surface area contributed by atoms with Crippen molar-refractivity contribution in [3.05, 3.63) is 83.2 Å². The molecule has 140 valence electrons. The van der Waals surface area contributed by atoms with Gasteiger partial charge in [0.05, 0.1) is 11.3 Å². The Morgan fingerprint density at radius 2 is 1.78 bits per heavy atom. The molecule has 2 aromatic carbocycles. The lowest BCUT2D eigenvalue weighted by atomic mass is 10.1. The summed E-state index contributed by atoms with van der Waals surface area (Å²) in [6, 6.07) is 9.07. The van der Waals surface area contributed by atoms with Gasteiger partial charge in [-0.3, -0.25) is 4.79 Å². The predicted octanol–water partition coefficient (Wildman–Crippen LogP) is 4.10. The number of alkyl halides is 3. The molecule has 1 heterocycles. The lowest BCUT2D eigenvalue weighted by molar-refractivity contribution is -0.138. The zero-order chi connectivity index (χ0) is 19.6. The van der Waals surface area contributed by atoms with Crippen LogP contribution in [0.15, 0.2) is 54.7 Å². The summed E-state index contributed by atoms with van der Waals surface area (Å²) in [5, 5.41) is 6.29. The van der Waals surface area contributed by atoms with E-state index in [1.54, 1.807) is 6.07 Å². The van der Waals surface area contributed by atoms with E-state index in [1.165, 1.54) is 35.1 Å². The fraction of sp³-hybridized carbons (Fsp3) is 0.111. The van der Waals surface area contributed by atoms with E-state index in [4.69, 9.17) is 0 Å².